The molecule has 9 heteroatoms. The van der Waals surface area contributed by atoms with Crippen LogP contribution in [0, 0.1) is 5.92 Å². The van der Waals surface area contributed by atoms with E-state index in [9.17, 15) is 14.4 Å². The molecule has 1 amide bonds. The summed E-state index contributed by atoms with van der Waals surface area (Å²) < 4.78 is 21.4. The van der Waals surface area contributed by atoms with E-state index in [0.717, 1.165) is 25.7 Å². The summed E-state index contributed by atoms with van der Waals surface area (Å²) in [6.07, 6.45) is 4.28. The predicted molar refractivity (Wildman–Crippen MR) is 111 cm³/mol. The van der Waals surface area contributed by atoms with E-state index in [1.54, 1.807) is 0 Å². The quantitative estimate of drug-likeness (QED) is 0.209. The molecule has 0 aromatic rings. The molecule has 0 fully saturated rings. The van der Waals surface area contributed by atoms with Gasteiger partial charge in [0.2, 0.25) is 5.91 Å². The highest BCUT2D eigenvalue weighted by Gasteiger charge is 2.16. The van der Waals surface area contributed by atoms with E-state index in [4.69, 9.17) is 24.1 Å². The minimum absolute atomic E-state index is 0.00719. The van der Waals surface area contributed by atoms with E-state index in [2.05, 4.69) is 12.2 Å². The van der Waals surface area contributed by atoms with Crippen LogP contribution >= 0.6 is 0 Å². The zero-order valence-corrected chi connectivity index (χ0v) is 18.5. The predicted octanol–water partition coefficient (Wildman–Crippen LogP) is 2.17. The van der Waals surface area contributed by atoms with Crippen LogP contribution in [-0.4, -0.2) is 75.7 Å². The molecule has 0 spiro atoms. The number of nitrogens with one attached hydrogen (secondary N) is 1. The molecular formula is C21H39NO8. The number of carboxylic acid groups (broad SMARTS) is 1. The molecule has 0 aliphatic rings. The van der Waals surface area contributed by atoms with Gasteiger partial charge in [-0.15, -0.1) is 0 Å². The monoisotopic (exact) mass is 433 g/mol. The Kier molecular flexibility index (Phi) is 19.4. The molecule has 30 heavy (non-hydrogen) atoms. The second kappa shape index (κ2) is 20.6. The zero-order chi connectivity index (χ0) is 22.5. The van der Waals surface area contributed by atoms with E-state index < -0.39 is 5.97 Å². The molecular weight excluding hydrogens is 394 g/mol. The van der Waals surface area contributed by atoms with Crippen LogP contribution in [0.3, 0.4) is 0 Å². The molecule has 0 aromatic carbocycles. The van der Waals surface area contributed by atoms with E-state index in [-0.39, 0.29) is 37.2 Å². The molecule has 0 saturated carbocycles. The number of amides is 1. The van der Waals surface area contributed by atoms with Crippen LogP contribution in [0.15, 0.2) is 0 Å². The van der Waals surface area contributed by atoms with Gasteiger partial charge in [-0.3, -0.25) is 14.4 Å². The summed E-state index contributed by atoms with van der Waals surface area (Å²) in [5, 5.41) is 11.1. The number of hydrogen-bond donors (Lipinski definition) is 2. The Bertz CT molecular complexity index is 458. The molecule has 1 unspecified atom stereocenters. The van der Waals surface area contributed by atoms with Crippen molar-refractivity contribution in [3.05, 3.63) is 0 Å². The molecule has 0 rings (SSSR count). The van der Waals surface area contributed by atoms with Crippen LogP contribution in [0.1, 0.15) is 58.8 Å². The molecule has 0 aromatic heterocycles. The van der Waals surface area contributed by atoms with Crippen molar-refractivity contribution in [3.8, 4) is 0 Å². The topological polar surface area (TPSA) is 120 Å². The highest BCUT2D eigenvalue weighted by atomic mass is 16.6. The summed E-state index contributed by atoms with van der Waals surface area (Å²) >= 11 is 0. The van der Waals surface area contributed by atoms with Gasteiger partial charge in [-0.05, 0) is 19.3 Å². The average Bonchev–Trinajstić information content (AvgIpc) is 2.72. The highest BCUT2D eigenvalue weighted by Crippen LogP contribution is 2.14. The van der Waals surface area contributed by atoms with Crippen molar-refractivity contribution in [2.24, 2.45) is 5.92 Å². The van der Waals surface area contributed by atoms with Crippen LogP contribution in [0.5, 0.6) is 0 Å². The molecule has 0 heterocycles. The minimum atomic E-state index is -0.981. The van der Waals surface area contributed by atoms with E-state index >= 15 is 0 Å². The fourth-order valence-electron chi connectivity index (χ4n) is 2.51. The first-order chi connectivity index (χ1) is 14.5. The smallest absolute Gasteiger partial charge is 0.308 e. The lowest BCUT2D eigenvalue weighted by atomic mass is 10.00. The van der Waals surface area contributed by atoms with Gasteiger partial charge in [0.15, 0.2) is 0 Å². The lowest BCUT2D eigenvalue weighted by Crippen LogP contribution is -2.25. The zero-order valence-electron chi connectivity index (χ0n) is 18.5. The van der Waals surface area contributed by atoms with Crippen molar-refractivity contribution in [1.82, 2.24) is 5.32 Å². The molecule has 1 atom stereocenters. The van der Waals surface area contributed by atoms with Crippen molar-refractivity contribution >= 4 is 17.8 Å². The SMILES string of the molecule is CCCCC(CC)C(=O)OCCOCCOCCOCCCNC(=O)CCC(=O)O. The highest BCUT2D eigenvalue weighted by molar-refractivity contribution is 5.80. The number of ether oxygens (including phenoxy) is 4. The van der Waals surface area contributed by atoms with Gasteiger partial charge in [-0.2, -0.15) is 0 Å². The first-order valence-corrected chi connectivity index (χ1v) is 10.9. The van der Waals surface area contributed by atoms with Crippen molar-refractivity contribution in [3.63, 3.8) is 0 Å². The van der Waals surface area contributed by atoms with Crippen LogP contribution < -0.4 is 5.32 Å². The minimum Gasteiger partial charge on any atom is -0.481 e. The molecule has 0 saturated heterocycles. The largest absolute Gasteiger partial charge is 0.481 e. The summed E-state index contributed by atoms with van der Waals surface area (Å²) in [7, 11) is 0. The van der Waals surface area contributed by atoms with Gasteiger partial charge in [-0.25, -0.2) is 0 Å². The van der Waals surface area contributed by atoms with Crippen molar-refractivity contribution < 1.29 is 38.4 Å². The first kappa shape index (κ1) is 28.3. The Hall–Kier alpha value is -1.71. The van der Waals surface area contributed by atoms with Gasteiger partial charge in [0, 0.05) is 19.6 Å². The standard InChI is InChI=1S/C21H39NO8/c1-3-5-7-18(4-2)21(26)30-17-16-29-15-14-28-13-12-27-11-6-10-22-19(23)8-9-20(24)25/h18H,3-17H2,1-2H3,(H,22,23)(H,24,25). The summed E-state index contributed by atoms with van der Waals surface area (Å²) in [6.45, 7) is 7.42. The van der Waals surface area contributed by atoms with Crippen LogP contribution in [-0.2, 0) is 33.3 Å². The Balaban J connectivity index is 3.34. The Morgan fingerprint density at radius 2 is 1.43 bits per heavy atom. The Labute approximate surface area is 179 Å². The molecule has 0 radical (unpaired) electrons. The van der Waals surface area contributed by atoms with Crippen molar-refractivity contribution in [2.45, 2.75) is 58.8 Å². The molecule has 176 valence electrons. The van der Waals surface area contributed by atoms with Gasteiger partial charge < -0.3 is 29.4 Å². The maximum absolute atomic E-state index is 11.9. The summed E-state index contributed by atoms with van der Waals surface area (Å²) in [5.74, 6) is -1.40. The maximum atomic E-state index is 11.9. The molecule has 9 nitrogen and oxygen atoms in total. The number of carbonyl (C=O) groups excluding carboxylic acids is 2. The fourth-order valence-corrected chi connectivity index (χ4v) is 2.51. The van der Waals surface area contributed by atoms with Gasteiger partial charge in [0.25, 0.3) is 0 Å². The van der Waals surface area contributed by atoms with Gasteiger partial charge in [0.05, 0.1) is 45.4 Å². The number of unbranched alkanes of at least 4 members (excludes halogenated alkanes) is 1. The first-order valence-electron chi connectivity index (χ1n) is 10.9. The van der Waals surface area contributed by atoms with Gasteiger partial charge >= 0.3 is 11.9 Å². The number of esters is 1. The third kappa shape index (κ3) is 18.3. The van der Waals surface area contributed by atoms with Crippen molar-refractivity contribution in [1.29, 1.82) is 0 Å². The Morgan fingerprint density at radius 3 is 2.00 bits per heavy atom. The Morgan fingerprint density at radius 1 is 0.833 bits per heavy atom. The van der Waals surface area contributed by atoms with Crippen molar-refractivity contribution in [2.75, 3.05) is 52.8 Å². The van der Waals surface area contributed by atoms with E-state index in [0.29, 0.717) is 52.6 Å². The third-order valence-electron chi connectivity index (χ3n) is 4.30. The van der Waals surface area contributed by atoms with E-state index in [1.165, 1.54) is 0 Å². The number of aliphatic carboxylic acids is 1. The number of carbonyl (C=O) groups is 3. The molecule has 0 aliphatic heterocycles. The van der Waals surface area contributed by atoms with Crippen LogP contribution in [0.2, 0.25) is 0 Å². The van der Waals surface area contributed by atoms with Gasteiger partial charge in [0.1, 0.15) is 6.61 Å². The van der Waals surface area contributed by atoms with Crippen LogP contribution in [0.4, 0.5) is 0 Å². The molecule has 0 bridgehead atoms. The number of rotatable bonds is 21. The lowest BCUT2D eigenvalue weighted by molar-refractivity contribution is -0.150. The second-order valence-corrected chi connectivity index (χ2v) is 6.85. The average molecular weight is 434 g/mol. The van der Waals surface area contributed by atoms with E-state index in [1.807, 2.05) is 6.92 Å². The maximum Gasteiger partial charge on any atom is 0.308 e. The summed E-state index contributed by atoms with van der Waals surface area (Å²) in [4.78, 5) is 33.5. The summed E-state index contributed by atoms with van der Waals surface area (Å²) in [6, 6.07) is 0. The number of hydrogen-bond acceptors (Lipinski definition) is 7. The third-order valence-corrected chi connectivity index (χ3v) is 4.30. The molecule has 2 N–H and O–H groups in total. The lowest BCUT2D eigenvalue weighted by Gasteiger charge is -2.13. The van der Waals surface area contributed by atoms with Gasteiger partial charge in [-0.1, -0.05) is 26.7 Å². The molecule has 0 aliphatic carbocycles. The number of carboxylic acids is 1. The second-order valence-electron chi connectivity index (χ2n) is 6.85. The summed E-state index contributed by atoms with van der Waals surface area (Å²) in [5.41, 5.74) is 0. The fraction of sp³-hybridized carbons (Fsp3) is 0.857. The van der Waals surface area contributed by atoms with Crippen LogP contribution in [0.25, 0.3) is 0 Å². The normalized spacial score (nSPS) is 11.8.